The zero-order valence-corrected chi connectivity index (χ0v) is 8.07. The highest BCUT2D eigenvalue weighted by molar-refractivity contribution is 5.78. The quantitative estimate of drug-likeness (QED) is 0.559. The van der Waals surface area contributed by atoms with Crippen molar-refractivity contribution in [1.29, 1.82) is 0 Å². The summed E-state index contributed by atoms with van der Waals surface area (Å²) in [4.78, 5) is 10.3. The normalized spacial score (nSPS) is 9.15. The van der Waals surface area contributed by atoms with Crippen LogP contribution in [0.15, 0.2) is 27.9 Å². The van der Waals surface area contributed by atoms with E-state index in [9.17, 15) is 4.79 Å². The molecule has 0 fully saturated rings. The highest BCUT2D eigenvalue weighted by atomic mass is 16.3. The number of rotatable bonds is 2. The molecule has 0 aliphatic carbocycles. The van der Waals surface area contributed by atoms with Crippen molar-refractivity contribution in [2.75, 3.05) is 0 Å². The van der Waals surface area contributed by atoms with Crippen LogP contribution in [0.1, 0.15) is 26.5 Å². The molecule has 13 heavy (non-hydrogen) atoms. The molecule has 4 heteroatoms. The summed E-state index contributed by atoms with van der Waals surface area (Å²) in [6.07, 6.45) is 2.97. The summed E-state index contributed by atoms with van der Waals surface area (Å²) < 4.78 is 4.91. The molecule has 72 valence electrons. The van der Waals surface area contributed by atoms with Crippen LogP contribution in [0, 0.1) is 0 Å². The van der Waals surface area contributed by atoms with Crippen molar-refractivity contribution in [3.63, 3.8) is 0 Å². The Hall–Kier alpha value is -1.58. The molecule has 0 bridgehead atoms. The first-order chi connectivity index (χ1) is 6.29. The molecule has 0 aromatic carbocycles. The summed E-state index contributed by atoms with van der Waals surface area (Å²) in [6.45, 7) is 5.39. The zero-order chi connectivity index (χ0) is 10.1. The average molecular weight is 182 g/mol. The topological polar surface area (TPSA) is 54.6 Å². The van der Waals surface area contributed by atoms with Gasteiger partial charge in [-0.05, 0) is 12.1 Å². The predicted molar refractivity (Wildman–Crippen MR) is 51.5 cm³/mol. The van der Waals surface area contributed by atoms with Gasteiger partial charge in [0.2, 0.25) is 5.91 Å². The lowest BCUT2D eigenvalue weighted by molar-refractivity contribution is -0.118. The first kappa shape index (κ1) is 11.4. The third-order valence-corrected chi connectivity index (χ3v) is 0.957. The maximum absolute atomic E-state index is 10.3. The van der Waals surface area contributed by atoms with Gasteiger partial charge in [0.25, 0.3) is 0 Å². The number of hydrazone groups is 1. The summed E-state index contributed by atoms with van der Waals surface area (Å²) in [5.41, 5.74) is 2.25. The third kappa shape index (κ3) is 5.66. The van der Waals surface area contributed by atoms with E-state index < -0.39 is 0 Å². The maximum atomic E-state index is 10.3. The van der Waals surface area contributed by atoms with Gasteiger partial charge in [0.1, 0.15) is 5.76 Å². The van der Waals surface area contributed by atoms with E-state index in [1.54, 1.807) is 12.1 Å². The second-order valence-corrected chi connectivity index (χ2v) is 1.94. The molecule has 1 N–H and O–H groups in total. The summed E-state index contributed by atoms with van der Waals surface area (Å²) in [5, 5.41) is 3.60. The minimum Gasteiger partial charge on any atom is -0.463 e. The predicted octanol–water partition coefficient (Wildman–Crippen LogP) is 1.78. The second-order valence-electron chi connectivity index (χ2n) is 1.94. The number of nitrogens with zero attached hydrogens (tertiary/aromatic N) is 1. The lowest BCUT2D eigenvalue weighted by Gasteiger charge is -1.87. The Bertz CT molecular complexity index is 253. The van der Waals surface area contributed by atoms with Gasteiger partial charge in [0.15, 0.2) is 0 Å². The molecule has 0 aliphatic rings. The van der Waals surface area contributed by atoms with Gasteiger partial charge >= 0.3 is 0 Å². The highest BCUT2D eigenvalue weighted by Crippen LogP contribution is 1.93. The smallest absolute Gasteiger partial charge is 0.236 e. The van der Waals surface area contributed by atoms with Crippen molar-refractivity contribution < 1.29 is 9.21 Å². The van der Waals surface area contributed by atoms with Gasteiger partial charge in [-0.25, -0.2) is 5.43 Å². The first-order valence-electron chi connectivity index (χ1n) is 4.12. The summed E-state index contributed by atoms with van der Waals surface area (Å²) in [7, 11) is 0. The molecule has 0 spiro atoms. The zero-order valence-electron chi connectivity index (χ0n) is 8.07. The van der Waals surface area contributed by atoms with E-state index in [1.807, 2.05) is 13.8 Å². The minimum absolute atomic E-state index is 0.201. The van der Waals surface area contributed by atoms with E-state index in [0.29, 0.717) is 5.76 Å². The molecule has 0 atom stereocenters. The monoisotopic (exact) mass is 182 g/mol. The van der Waals surface area contributed by atoms with Crippen LogP contribution in [0.25, 0.3) is 0 Å². The summed E-state index contributed by atoms with van der Waals surface area (Å²) in [6, 6.07) is 3.49. The van der Waals surface area contributed by atoms with Crippen LogP contribution in [-0.4, -0.2) is 12.1 Å². The number of carbonyl (C=O) groups is 1. The van der Waals surface area contributed by atoms with E-state index in [2.05, 4.69) is 10.5 Å². The Labute approximate surface area is 77.6 Å². The molecule has 0 saturated carbocycles. The van der Waals surface area contributed by atoms with Gasteiger partial charge in [-0.15, -0.1) is 0 Å². The van der Waals surface area contributed by atoms with Crippen LogP contribution in [0.4, 0.5) is 0 Å². The van der Waals surface area contributed by atoms with E-state index in [1.165, 1.54) is 19.4 Å². The molecular formula is C9H14N2O2. The average Bonchev–Trinajstić information content (AvgIpc) is 2.60. The molecule has 1 aromatic heterocycles. The van der Waals surface area contributed by atoms with Crippen molar-refractivity contribution in [2.24, 2.45) is 5.10 Å². The van der Waals surface area contributed by atoms with Crippen molar-refractivity contribution in [3.05, 3.63) is 24.2 Å². The molecule has 0 aliphatic heterocycles. The lowest BCUT2D eigenvalue weighted by Crippen LogP contribution is -2.12. The number of nitrogens with one attached hydrogen (secondary N) is 1. The van der Waals surface area contributed by atoms with Crippen LogP contribution in [0.3, 0.4) is 0 Å². The molecule has 1 heterocycles. The summed E-state index contributed by atoms with van der Waals surface area (Å²) >= 11 is 0. The molecule has 1 rings (SSSR count). The van der Waals surface area contributed by atoms with E-state index in [0.717, 1.165) is 0 Å². The van der Waals surface area contributed by atoms with Gasteiger partial charge in [0, 0.05) is 6.92 Å². The molecule has 0 saturated heterocycles. The molecule has 1 amide bonds. The molecule has 4 nitrogen and oxygen atoms in total. The molecule has 1 aromatic rings. The van der Waals surface area contributed by atoms with Crippen molar-refractivity contribution >= 4 is 12.1 Å². The van der Waals surface area contributed by atoms with Crippen LogP contribution < -0.4 is 5.43 Å². The number of carbonyl (C=O) groups excluding carboxylic acids is 1. The van der Waals surface area contributed by atoms with E-state index >= 15 is 0 Å². The number of amides is 1. The Morgan fingerprint density at radius 3 is 2.77 bits per heavy atom. The number of hydrogen-bond donors (Lipinski definition) is 1. The number of furan rings is 1. The standard InChI is InChI=1S/C7H8N2O2.C2H6/c1-6(10)9-8-5-7-3-2-4-11-7;1-2/h2-5H,1H3,(H,9,10);1-2H3/b8-5+;. The fourth-order valence-electron chi connectivity index (χ4n) is 0.552. The Balaban J connectivity index is 0.000000671. The molecular weight excluding hydrogens is 168 g/mol. The van der Waals surface area contributed by atoms with E-state index in [4.69, 9.17) is 4.42 Å². The first-order valence-corrected chi connectivity index (χ1v) is 4.12. The van der Waals surface area contributed by atoms with Gasteiger partial charge in [-0.2, -0.15) is 5.10 Å². The lowest BCUT2D eigenvalue weighted by atomic mass is 10.5. The highest BCUT2D eigenvalue weighted by Gasteiger charge is 1.87. The van der Waals surface area contributed by atoms with Crippen molar-refractivity contribution in [1.82, 2.24) is 5.43 Å². The van der Waals surface area contributed by atoms with Gasteiger partial charge in [-0.1, -0.05) is 13.8 Å². The summed E-state index contributed by atoms with van der Waals surface area (Å²) in [5.74, 6) is 0.409. The Morgan fingerprint density at radius 1 is 1.62 bits per heavy atom. The fraction of sp³-hybridized carbons (Fsp3) is 0.333. The van der Waals surface area contributed by atoms with Crippen LogP contribution in [-0.2, 0) is 4.79 Å². The van der Waals surface area contributed by atoms with Crippen molar-refractivity contribution in [2.45, 2.75) is 20.8 Å². The second kappa shape index (κ2) is 7.09. The maximum Gasteiger partial charge on any atom is 0.236 e. The third-order valence-electron chi connectivity index (χ3n) is 0.957. The Kier molecular flexibility index (Phi) is 6.23. The largest absolute Gasteiger partial charge is 0.463 e. The van der Waals surface area contributed by atoms with Gasteiger partial charge < -0.3 is 4.42 Å². The van der Waals surface area contributed by atoms with Gasteiger partial charge in [-0.3, -0.25) is 4.79 Å². The van der Waals surface area contributed by atoms with Crippen LogP contribution in [0.2, 0.25) is 0 Å². The van der Waals surface area contributed by atoms with Crippen LogP contribution >= 0.6 is 0 Å². The number of hydrogen-bond acceptors (Lipinski definition) is 3. The minimum atomic E-state index is -0.201. The van der Waals surface area contributed by atoms with E-state index in [-0.39, 0.29) is 5.91 Å². The van der Waals surface area contributed by atoms with Crippen molar-refractivity contribution in [3.8, 4) is 0 Å². The van der Waals surface area contributed by atoms with Crippen LogP contribution in [0.5, 0.6) is 0 Å². The molecule has 0 radical (unpaired) electrons. The van der Waals surface area contributed by atoms with Gasteiger partial charge in [0.05, 0.1) is 12.5 Å². The molecule has 0 unspecified atom stereocenters. The SMILES string of the molecule is CC.CC(=O)N/N=C/c1ccco1. The fourth-order valence-corrected chi connectivity index (χ4v) is 0.552. The Morgan fingerprint density at radius 2 is 2.31 bits per heavy atom.